The van der Waals surface area contributed by atoms with Gasteiger partial charge in [0, 0.05) is 30.7 Å². The fourth-order valence-corrected chi connectivity index (χ4v) is 3.44. The summed E-state index contributed by atoms with van der Waals surface area (Å²) in [6, 6.07) is 11.8. The summed E-state index contributed by atoms with van der Waals surface area (Å²) in [5.41, 5.74) is 9.87. The molecule has 4 aromatic rings. The lowest BCUT2D eigenvalue weighted by atomic mass is 10.0. The van der Waals surface area contributed by atoms with Gasteiger partial charge >= 0.3 is 0 Å². The summed E-state index contributed by atoms with van der Waals surface area (Å²) >= 11 is 0. The number of benzene rings is 2. The Morgan fingerprint density at radius 1 is 1.17 bits per heavy atom. The van der Waals surface area contributed by atoms with Crippen LogP contribution in [0.25, 0.3) is 22.0 Å². The normalized spacial score (nSPS) is 12.3. The fraction of sp³-hybridized carbons (Fsp3) is 0.227. The van der Waals surface area contributed by atoms with Crippen molar-refractivity contribution in [1.82, 2.24) is 20.2 Å². The Bertz CT molecular complexity index is 1150. The topological polar surface area (TPSA) is 104 Å². The highest BCUT2D eigenvalue weighted by atomic mass is 19.1. The van der Waals surface area contributed by atoms with Crippen LogP contribution in [0.1, 0.15) is 17.4 Å². The van der Waals surface area contributed by atoms with Gasteiger partial charge in [-0.15, -0.1) is 0 Å². The van der Waals surface area contributed by atoms with E-state index in [2.05, 4.69) is 15.2 Å². The zero-order chi connectivity index (χ0) is 21.1. The number of aliphatic hydroxyl groups is 1. The Morgan fingerprint density at radius 2 is 2.03 bits per heavy atom. The van der Waals surface area contributed by atoms with Crippen molar-refractivity contribution >= 4 is 16.7 Å². The van der Waals surface area contributed by atoms with Crippen molar-refractivity contribution in [2.45, 2.75) is 12.5 Å². The zero-order valence-electron chi connectivity index (χ0n) is 16.6. The molecule has 0 saturated heterocycles. The minimum absolute atomic E-state index is 0.00586. The second-order valence-electron chi connectivity index (χ2n) is 7.21. The summed E-state index contributed by atoms with van der Waals surface area (Å²) in [6.07, 6.45) is 3.99. The summed E-state index contributed by atoms with van der Waals surface area (Å²) in [4.78, 5) is 11.3. The molecule has 7 nitrogen and oxygen atoms in total. The molecule has 8 heteroatoms. The molecule has 4 rings (SSSR count). The van der Waals surface area contributed by atoms with Gasteiger partial charge in [-0.25, -0.2) is 14.4 Å². The van der Waals surface area contributed by atoms with Crippen molar-refractivity contribution in [3.8, 4) is 11.1 Å². The molecule has 0 amide bonds. The summed E-state index contributed by atoms with van der Waals surface area (Å²) in [5.74, 6) is 0.862. The zero-order valence-corrected chi connectivity index (χ0v) is 16.6. The maximum absolute atomic E-state index is 13.5. The Morgan fingerprint density at radius 3 is 2.77 bits per heavy atom. The highest BCUT2D eigenvalue weighted by Crippen LogP contribution is 2.30. The first-order valence-corrected chi connectivity index (χ1v) is 9.68. The van der Waals surface area contributed by atoms with Gasteiger partial charge in [0.15, 0.2) is 0 Å². The number of H-pyrrole nitrogens is 1. The molecule has 154 valence electrons. The molecular formula is C22H23FN6O. The lowest BCUT2D eigenvalue weighted by Gasteiger charge is -2.21. The van der Waals surface area contributed by atoms with Gasteiger partial charge < -0.3 is 15.7 Å². The Labute approximate surface area is 173 Å². The molecule has 1 atom stereocenters. The van der Waals surface area contributed by atoms with Crippen LogP contribution in [0.4, 0.5) is 10.2 Å². The average Bonchev–Trinajstić information content (AvgIpc) is 3.27. The molecule has 2 aromatic carbocycles. The molecule has 0 aliphatic carbocycles. The second-order valence-corrected chi connectivity index (χ2v) is 7.21. The van der Waals surface area contributed by atoms with Gasteiger partial charge in [-0.2, -0.15) is 5.10 Å². The fourth-order valence-electron chi connectivity index (χ4n) is 3.44. The monoisotopic (exact) mass is 406 g/mol. The van der Waals surface area contributed by atoms with Gasteiger partial charge in [0.2, 0.25) is 0 Å². The van der Waals surface area contributed by atoms with E-state index in [1.54, 1.807) is 12.3 Å². The third-order valence-corrected chi connectivity index (χ3v) is 5.00. The largest absolute Gasteiger partial charge is 0.395 e. The molecule has 2 heterocycles. The first-order valence-electron chi connectivity index (χ1n) is 9.68. The number of anilines is 1. The Balaban J connectivity index is 1.76. The molecule has 0 radical (unpaired) electrons. The van der Waals surface area contributed by atoms with E-state index in [1.165, 1.54) is 12.1 Å². The molecule has 0 aliphatic rings. The smallest absolute Gasteiger partial charge is 0.148 e. The number of nitrogens with zero attached hydrogens (tertiary/aromatic N) is 4. The number of aromatic amines is 1. The third kappa shape index (κ3) is 4.14. The van der Waals surface area contributed by atoms with Crippen molar-refractivity contribution in [3.05, 3.63) is 72.1 Å². The van der Waals surface area contributed by atoms with Crippen molar-refractivity contribution < 1.29 is 9.50 Å². The van der Waals surface area contributed by atoms with Crippen LogP contribution in [0.2, 0.25) is 0 Å². The highest BCUT2D eigenvalue weighted by molar-refractivity contribution is 5.93. The lowest BCUT2D eigenvalue weighted by Crippen LogP contribution is -2.25. The standard InChI is InChI=1S/C22H23FN6O/c1-29(7-8-30)22-18-11-15(16-12-25-26-13-16)5-6-20(18)27-21(28-22)19(24)10-14-3-2-4-17(23)9-14/h2-6,9,11-13,19,30H,7-8,10,24H2,1H3,(H,25,26)/t19-/m0/s1. The second kappa shape index (κ2) is 8.56. The Kier molecular flexibility index (Phi) is 5.69. The number of halogens is 1. The molecule has 2 aromatic heterocycles. The summed E-state index contributed by atoms with van der Waals surface area (Å²) in [5, 5.41) is 17.1. The van der Waals surface area contributed by atoms with Crippen LogP contribution in [0, 0.1) is 5.82 Å². The van der Waals surface area contributed by atoms with Crippen molar-refractivity contribution in [2.75, 3.05) is 25.1 Å². The number of hydrogen-bond donors (Lipinski definition) is 3. The maximum Gasteiger partial charge on any atom is 0.148 e. The van der Waals surface area contributed by atoms with E-state index < -0.39 is 6.04 Å². The van der Waals surface area contributed by atoms with Gasteiger partial charge in [-0.1, -0.05) is 18.2 Å². The molecule has 30 heavy (non-hydrogen) atoms. The van der Waals surface area contributed by atoms with E-state index in [1.807, 2.05) is 42.4 Å². The predicted octanol–water partition coefficient (Wildman–Crippen LogP) is 2.83. The molecule has 0 bridgehead atoms. The van der Waals surface area contributed by atoms with E-state index in [0.717, 1.165) is 27.6 Å². The van der Waals surface area contributed by atoms with Crippen LogP contribution >= 0.6 is 0 Å². The first-order chi connectivity index (χ1) is 14.5. The minimum atomic E-state index is -0.494. The number of aliphatic hydroxyl groups excluding tert-OH is 1. The van der Waals surface area contributed by atoms with E-state index >= 15 is 0 Å². The van der Waals surface area contributed by atoms with E-state index in [4.69, 9.17) is 10.7 Å². The average molecular weight is 406 g/mol. The van der Waals surface area contributed by atoms with Gasteiger partial charge in [0.25, 0.3) is 0 Å². The number of nitrogens with one attached hydrogen (secondary N) is 1. The number of nitrogens with two attached hydrogens (primary N) is 1. The van der Waals surface area contributed by atoms with Crippen LogP contribution in [0.3, 0.4) is 0 Å². The van der Waals surface area contributed by atoms with Gasteiger partial charge in [0.05, 0.1) is 24.4 Å². The number of rotatable bonds is 7. The minimum Gasteiger partial charge on any atom is -0.395 e. The SMILES string of the molecule is CN(CCO)c1nc([C@@H](N)Cc2cccc(F)c2)nc2ccc(-c3cn[nH]c3)cc12. The number of likely N-dealkylation sites (N-methyl/N-ethyl adjacent to an activating group) is 1. The third-order valence-electron chi connectivity index (χ3n) is 5.00. The highest BCUT2D eigenvalue weighted by Gasteiger charge is 2.17. The Hall–Kier alpha value is -3.36. The summed E-state index contributed by atoms with van der Waals surface area (Å²) < 4.78 is 13.5. The molecule has 0 unspecified atom stereocenters. The number of aromatic nitrogens is 4. The molecule has 0 fully saturated rings. The lowest BCUT2D eigenvalue weighted by molar-refractivity contribution is 0.304. The van der Waals surface area contributed by atoms with Crippen LogP contribution in [0.15, 0.2) is 54.9 Å². The first kappa shape index (κ1) is 19.9. The quantitative estimate of drug-likeness (QED) is 0.436. The number of fused-ring (bicyclic) bond motifs is 1. The molecular weight excluding hydrogens is 383 g/mol. The van der Waals surface area contributed by atoms with Crippen molar-refractivity contribution in [2.24, 2.45) is 5.73 Å². The number of hydrogen-bond acceptors (Lipinski definition) is 6. The van der Waals surface area contributed by atoms with Gasteiger partial charge in [-0.3, -0.25) is 5.10 Å². The molecule has 0 aliphatic heterocycles. The van der Waals surface area contributed by atoms with Gasteiger partial charge in [0.1, 0.15) is 17.5 Å². The van der Waals surface area contributed by atoms with E-state index in [9.17, 15) is 9.50 Å². The van der Waals surface area contributed by atoms with E-state index in [0.29, 0.717) is 24.6 Å². The van der Waals surface area contributed by atoms with E-state index in [-0.39, 0.29) is 12.4 Å². The van der Waals surface area contributed by atoms with Crippen LogP contribution in [-0.2, 0) is 6.42 Å². The van der Waals surface area contributed by atoms with Crippen LogP contribution in [-0.4, -0.2) is 45.5 Å². The van der Waals surface area contributed by atoms with Crippen molar-refractivity contribution in [1.29, 1.82) is 0 Å². The van der Waals surface area contributed by atoms with Gasteiger partial charge in [-0.05, 0) is 41.8 Å². The summed E-state index contributed by atoms with van der Waals surface area (Å²) in [7, 11) is 1.87. The molecule has 0 spiro atoms. The maximum atomic E-state index is 13.5. The molecule has 4 N–H and O–H groups in total. The molecule has 0 saturated carbocycles. The summed E-state index contributed by atoms with van der Waals surface area (Å²) in [6.45, 7) is 0.411. The van der Waals surface area contributed by atoms with Crippen LogP contribution < -0.4 is 10.6 Å². The van der Waals surface area contributed by atoms with Crippen LogP contribution in [0.5, 0.6) is 0 Å². The van der Waals surface area contributed by atoms with Crippen molar-refractivity contribution in [3.63, 3.8) is 0 Å². The predicted molar refractivity (Wildman–Crippen MR) is 115 cm³/mol.